The van der Waals surface area contributed by atoms with E-state index in [1.807, 2.05) is 42.3 Å². The molecular weight excluding hydrogens is 252 g/mol. The zero-order valence-corrected chi connectivity index (χ0v) is 14.2. The molecular formula is C21H35. The van der Waals surface area contributed by atoms with Crippen LogP contribution in [0.15, 0.2) is 36.4 Å². The molecule has 1 aromatic rings. The monoisotopic (exact) mass is 287 g/mol. The molecule has 0 bridgehead atoms. The van der Waals surface area contributed by atoms with Crippen LogP contribution >= 0.6 is 0 Å². The van der Waals surface area contributed by atoms with Gasteiger partial charge in [-0.3, -0.25) is 0 Å². The summed E-state index contributed by atoms with van der Waals surface area (Å²) in [5.41, 5.74) is 0. The van der Waals surface area contributed by atoms with Gasteiger partial charge in [-0.1, -0.05) is 108 Å². The van der Waals surface area contributed by atoms with Gasteiger partial charge in [-0.2, -0.15) is 0 Å². The molecule has 0 aliphatic heterocycles. The Morgan fingerprint density at radius 1 is 0.619 bits per heavy atom. The molecule has 21 heavy (non-hydrogen) atoms. The molecule has 119 valence electrons. The quantitative estimate of drug-likeness (QED) is 0.438. The molecule has 0 heterocycles. The Bertz CT molecular complexity index is 257. The Hall–Kier alpha value is -0.780. The van der Waals surface area contributed by atoms with Crippen LogP contribution in [0.25, 0.3) is 0 Å². The van der Waals surface area contributed by atoms with Crippen LogP contribution in [0.2, 0.25) is 0 Å². The predicted molar refractivity (Wildman–Crippen MR) is 95.4 cm³/mol. The van der Waals surface area contributed by atoms with Crippen molar-refractivity contribution in [1.29, 1.82) is 0 Å². The maximum absolute atomic E-state index is 2.29. The van der Waals surface area contributed by atoms with Crippen LogP contribution in [-0.2, 0) is 0 Å². The Morgan fingerprint density at radius 3 is 1.62 bits per heavy atom. The van der Waals surface area contributed by atoms with E-state index in [0.29, 0.717) is 0 Å². The fourth-order valence-electron chi connectivity index (χ4n) is 3.02. The molecule has 2 rings (SSSR count). The van der Waals surface area contributed by atoms with E-state index in [1.54, 1.807) is 0 Å². The first-order valence-electron chi connectivity index (χ1n) is 9.27. The number of benzene rings is 1. The smallest absolute Gasteiger partial charge is 0.0241 e. The van der Waals surface area contributed by atoms with Gasteiger partial charge in [0.25, 0.3) is 0 Å². The Kier molecular flexibility index (Phi) is 12.3. The number of hydrogen-bond acceptors (Lipinski definition) is 0. The molecule has 0 aromatic heterocycles. The summed E-state index contributed by atoms with van der Waals surface area (Å²) in [5, 5.41) is 0. The summed E-state index contributed by atoms with van der Waals surface area (Å²) < 4.78 is 0. The summed E-state index contributed by atoms with van der Waals surface area (Å²) in [6.07, 6.45) is 19.0. The Labute approximate surface area is 133 Å². The second-order valence-electron chi connectivity index (χ2n) is 6.34. The van der Waals surface area contributed by atoms with Gasteiger partial charge in [0.1, 0.15) is 0 Å². The summed E-state index contributed by atoms with van der Waals surface area (Å²) in [5.74, 6) is 1.88. The van der Waals surface area contributed by atoms with E-state index < -0.39 is 0 Å². The fourth-order valence-corrected chi connectivity index (χ4v) is 3.02. The maximum atomic E-state index is 2.29. The Morgan fingerprint density at radius 2 is 1.10 bits per heavy atom. The number of rotatable bonds is 8. The van der Waals surface area contributed by atoms with Crippen molar-refractivity contribution in [3.05, 3.63) is 42.3 Å². The lowest BCUT2D eigenvalue weighted by Gasteiger charge is -2.20. The molecule has 0 N–H and O–H groups in total. The van der Waals surface area contributed by atoms with Crippen LogP contribution in [0.5, 0.6) is 0 Å². The van der Waals surface area contributed by atoms with Crippen LogP contribution in [0.1, 0.15) is 90.4 Å². The minimum Gasteiger partial charge on any atom is -0.0654 e. The van der Waals surface area contributed by atoms with Crippen LogP contribution in [0.4, 0.5) is 0 Å². The summed E-state index contributed by atoms with van der Waals surface area (Å²) >= 11 is 0. The minimum atomic E-state index is 1.37. The van der Waals surface area contributed by atoms with Crippen molar-refractivity contribution in [3.8, 4) is 0 Å². The van der Waals surface area contributed by atoms with Crippen molar-refractivity contribution in [2.75, 3.05) is 0 Å². The van der Waals surface area contributed by atoms with Crippen molar-refractivity contribution < 1.29 is 0 Å². The lowest BCUT2D eigenvalue weighted by atomic mass is 9.85. The van der Waals surface area contributed by atoms with E-state index in [4.69, 9.17) is 0 Å². The molecule has 1 radical (unpaired) electrons. The summed E-state index contributed by atoms with van der Waals surface area (Å²) in [7, 11) is 0. The van der Waals surface area contributed by atoms with Crippen LogP contribution in [0.3, 0.4) is 0 Å². The lowest BCUT2D eigenvalue weighted by Crippen LogP contribution is -2.03. The van der Waals surface area contributed by atoms with E-state index in [0.717, 1.165) is 0 Å². The van der Waals surface area contributed by atoms with E-state index >= 15 is 0 Å². The van der Waals surface area contributed by atoms with Crippen molar-refractivity contribution in [3.63, 3.8) is 0 Å². The molecule has 0 spiro atoms. The van der Waals surface area contributed by atoms with Crippen molar-refractivity contribution >= 4 is 0 Å². The molecule has 0 saturated heterocycles. The molecule has 1 aliphatic rings. The number of hydrogen-bond donors (Lipinski definition) is 0. The van der Waals surface area contributed by atoms with E-state index in [-0.39, 0.29) is 0 Å². The zero-order chi connectivity index (χ0) is 15.0. The molecule has 1 saturated carbocycles. The first kappa shape index (κ1) is 18.3. The van der Waals surface area contributed by atoms with Gasteiger partial charge in [-0.15, -0.1) is 0 Å². The van der Waals surface area contributed by atoms with Crippen LogP contribution < -0.4 is 0 Å². The second-order valence-corrected chi connectivity index (χ2v) is 6.34. The molecule has 0 nitrogen and oxygen atoms in total. The lowest BCUT2D eigenvalue weighted by molar-refractivity contribution is 0.485. The molecule has 0 heteroatoms. The minimum absolute atomic E-state index is 1.37. The topological polar surface area (TPSA) is 0 Å². The third-order valence-electron chi connectivity index (χ3n) is 4.36. The average Bonchev–Trinajstić information content (AvgIpc) is 2.57. The van der Waals surface area contributed by atoms with Crippen LogP contribution in [-0.4, -0.2) is 0 Å². The average molecular weight is 288 g/mol. The number of unbranched alkanes of at least 4 members (excludes halogenated alkanes) is 6. The predicted octanol–water partition coefficient (Wildman–Crippen LogP) is 7.35. The highest BCUT2D eigenvalue weighted by atomic mass is 14.2. The van der Waals surface area contributed by atoms with Gasteiger partial charge in [0.15, 0.2) is 0 Å². The van der Waals surface area contributed by atoms with Gasteiger partial charge in [0.2, 0.25) is 0 Å². The Balaban J connectivity index is 0.000000304. The molecule has 0 unspecified atom stereocenters. The largest absolute Gasteiger partial charge is 0.0654 e. The highest BCUT2D eigenvalue weighted by Crippen LogP contribution is 2.29. The standard InChI is InChI=1S/C15H29.C6H6/c1-2-3-4-5-6-7-9-12-15-13-10-8-11-14-15;1-2-4-6-5-3-1/h2-14H2,1H3;1-6H. The normalized spacial score (nSPS) is 15.3. The van der Waals surface area contributed by atoms with Gasteiger partial charge < -0.3 is 0 Å². The van der Waals surface area contributed by atoms with Gasteiger partial charge in [0, 0.05) is 0 Å². The van der Waals surface area contributed by atoms with Crippen molar-refractivity contribution in [1.82, 2.24) is 0 Å². The summed E-state index contributed by atoms with van der Waals surface area (Å²) in [6, 6.07) is 12.0. The van der Waals surface area contributed by atoms with E-state index in [2.05, 4.69) is 6.92 Å². The molecule has 1 fully saturated rings. The van der Waals surface area contributed by atoms with Crippen molar-refractivity contribution in [2.24, 2.45) is 0 Å². The maximum Gasteiger partial charge on any atom is -0.0241 e. The van der Waals surface area contributed by atoms with E-state index in [1.165, 1.54) is 83.5 Å². The second kappa shape index (κ2) is 14.2. The molecule has 0 amide bonds. The van der Waals surface area contributed by atoms with Crippen molar-refractivity contribution in [2.45, 2.75) is 90.4 Å². The highest BCUT2D eigenvalue weighted by Gasteiger charge is 2.12. The van der Waals surface area contributed by atoms with Gasteiger partial charge in [-0.05, 0) is 25.2 Å². The molecule has 0 atom stereocenters. The first-order valence-corrected chi connectivity index (χ1v) is 9.27. The van der Waals surface area contributed by atoms with Crippen LogP contribution in [0, 0.1) is 5.92 Å². The fraction of sp³-hybridized carbons (Fsp3) is 0.667. The first-order chi connectivity index (χ1) is 10.4. The molecule has 1 aliphatic carbocycles. The SMILES string of the molecule is CCCCCCCCC[C]1CCCCC1.c1ccccc1. The summed E-state index contributed by atoms with van der Waals surface area (Å²) in [4.78, 5) is 0. The zero-order valence-electron chi connectivity index (χ0n) is 14.2. The third-order valence-corrected chi connectivity index (χ3v) is 4.36. The summed E-state index contributed by atoms with van der Waals surface area (Å²) in [6.45, 7) is 2.29. The molecule has 1 aromatic carbocycles. The van der Waals surface area contributed by atoms with Gasteiger partial charge in [0.05, 0.1) is 0 Å². The third kappa shape index (κ3) is 11.5. The van der Waals surface area contributed by atoms with Gasteiger partial charge in [-0.25, -0.2) is 0 Å². The highest BCUT2D eigenvalue weighted by molar-refractivity contribution is 4.99. The van der Waals surface area contributed by atoms with E-state index in [9.17, 15) is 0 Å². The van der Waals surface area contributed by atoms with Gasteiger partial charge >= 0.3 is 0 Å².